The van der Waals surface area contributed by atoms with E-state index >= 15 is 0 Å². The van der Waals surface area contributed by atoms with Gasteiger partial charge in [-0.25, -0.2) is 24.1 Å². The Kier molecular flexibility index (Phi) is 7.09. The van der Waals surface area contributed by atoms with Crippen LogP contribution in [0, 0.1) is 5.82 Å². The Hall–Kier alpha value is -4.27. The van der Waals surface area contributed by atoms with Crippen LogP contribution in [0.4, 0.5) is 20.8 Å². The molecule has 5 rings (SSSR count). The average molecular weight is 515 g/mol. The number of rotatable bonds is 5. The lowest BCUT2D eigenvalue weighted by Crippen LogP contribution is -2.42. The Bertz CT molecular complexity index is 1390. The van der Waals surface area contributed by atoms with Crippen LogP contribution < -0.4 is 5.32 Å². The molecule has 196 valence electrons. The molecule has 4 aromatic rings. The van der Waals surface area contributed by atoms with Gasteiger partial charge >= 0.3 is 6.09 Å². The highest BCUT2D eigenvalue weighted by Crippen LogP contribution is 2.35. The number of carbonyl (C=O) groups excluding carboxylic acids is 1. The number of nitrogens with one attached hydrogen (secondary N) is 1. The van der Waals surface area contributed by atoms with Gasteiger partial charge in [0.05, 0.1) is 17.6 Å². The van der Waals surface area contributed by atoms with Gasteiger partial charge in [0.2, 0.25) is 5.95 Å². The first-order valence-corrected chi connectivity index (χ1v) is 12.7. The van der Waals surface area contributed by atoms with Gasteiger partial charge in [-0.2, -0.15) is 0 Å². The highest BCUT2D eigenvalue weighted by Gasteiger charge is 2.30. The van der Waals surface area contributed by atoms with Gasteiger partial charge in [-0.1, -0.05) is 18.2 Å². The zero-order chi connectivity index (χ0) is 26.7. The van der Waals surface area contributed by atoms with Crippen LogP contribution in [0.25, 0.3) is 22.8 Å². The number of hydrogen-bond donors (Lipinski definition) is 1. The lowest BCUT2D eigenvalue weighted by Gasteiger charge is -2.35. The molecule has 0 saturated carbocycles. The largest absolute Gasteiger partial charge is 0.444 e. The van der Waals surface area contributed by atoms with E-state index in [0.717, 1.165) is 35.6 Å². The predicted octanol–water partition coefficient (Wildman–Crippen LogP) is 6.46. The van der Waals surface area contributed by atoms with Crippen molar-refractivity contribution in [2.75, 3.05) is 18.4 Å². The van der Waals surface area contributed by atoms with E-state index in [1.807, 2.05) is 57.2 Å². The summed E-state index contributed by atoms with van der Waals surface area (Å²) in [5, 5.41) is 3.24. The second kappa shape index (κ2) is 10.6. The number of likely N-dealkylation sites (tertiary alicyclic amines) is 1. The summed E-state index contributed by atoms with van der Waals surface area (Å²) in [5.41, 5.74) is 2.70. The lowest BCUT2D eigenvalue weighted by atomic mass is 10.0. The van der Waals surface area contributed by atoms with Gasteiger partial charge in [0.15, 0.2) is 0 Å². The predicted molar refractivity (Wildman–Crippen MR) is 144 cm³/mol. The monoisotopic (exact) mass is 514 g/mol. The zero-order valence-corrected chi connectivity index (χ0v) is 21.8. The van der Waals surface area contributed by atoms with Crippen molar-refractivity contribution in [3.05, 3.63) is 78.9 Å². The number of anilines is 2. The van der Waals surface area contributed by atoms with Crippen molar-refractivity contribution in [2.24, 2.45) is 0 Å². The molecule has 1 saturated heterocycles. The number of benzene rings is 2. The molecule has 1 aliphatic rings. The molecule has 1 aliphatic heterocycles. The van der Waals surface area contributed by atoms with Crippen molar-refractivity contribution in [2.45, 2.75) is 45.3 Å². The van der Waals surface area contributed by atoms with Gasteiger partial charge in [-0.3, -0.25) is 0 Å². The zero-order valence-electron chi connectivity index (χ0n) is 21.8. The molecule has 2 aromatic carbocycles. The van der Waals surface area contributed by atoms with Crippen LogP contribution in [0.5, 0.6) is 0 Å². The molecule has 8 nitrogen and oxygen atoms in total. The fourth-order valence-corrected chi connectivity index (χ4v) is 4.58. The first-order valence-electron chi connectivity index (χ1n) is 12.7. The molecule has 0 radical (unpaired) electrons. The van der Waals surface area contributed by atoms with Crippen LogP contribution in [0.1, 0.15) is 39.7 Å². The summed E-state index contributed by atoms with van der Waals surface area (Å²) in [7, 11) is 0. The van der Waals surface area contributed by atoms with Gasteiger partial charge in [0.1, 0.15) is 17.2 Å². The Morgan fingerprint density at radius 3 is 2.39 bits per heavy atom. The van der Waals surface area contributed by atoms with E-state index in [2.05, 4.69) is 14.9 Å². The first-order chi connectivity index (χ1) is 18.3. The molecule has 38 heavy (non-hydrogen) atoms. The molecule has 3 heterocycles. The van der Waals surface area contributed by atoms with Crippen LogP contribution in [-0.2, 0) is 4.74 Å². The summed E-state index contributed by atoms with van der Waals surface area (Å²) in [6.07, 6.45) is 4.66. The summed E-state index contributed by atoms with van der Waals surface area (Å²) in [4.78, 5) is 28.3. The quantitative estimate of drug-likeness (QED) is 0.329. The Morgan fingerprint density at radius 1 is 1.00 bits per heavy atom. The summed E-state index contributed by atoms with van der Waals surface area (Å²) in [6, 6.07) is 18.0. The van der Waals surface area contributed by atoms with Crippen LogP contribution in [0.2, 0.25) is 0 Å². The topological polar surface area (TPSA) is 85.2 Å². The maximum absolute atomic E-state index is 13.7. The fourth-order valence-electron chi connectivity index (χ4n) is 4.58. The molecular weight excluding hydrogens is 483 g/mol. The van der Waals surface area contributed by atoms with Crippen molar-refractivity contribution in [3.63, 3.8) is 0 Å². The Morgan fingerprint density at radius 2 is 1.71 bits per heavy atom. The molecule has 9 heteroatoms. The minimum absolute atomic E-state index is 0.0618. The number of para-hydroxylation sites is 1. The van der Waals surface area contributed by atoms with E-state index in [-0.39, 0.29) is 18.0 Å². The highest BCUT2D eigenvalue weighted by molar-refractivity contribution is 5.68. The van der Waals surface area contributed by atoms with E-state index in [4.69, 9.17) is 14.7 Å². The molecule has 0 bridgehead atoms. The number of hydrogen-bond acceptors (Lipinski definition) is 6. The van der Waals surface area contributed by atoms with Crippen LogP contribution in [0.15, 0.2) is 73.1 Å². The maximum atomic E-state index is 13.7. The lowest BCUT2D eigenvalue weighted by molar-refractivity contribution is 0.0189. The second-order valence-corrected chi connectivity index (χ2v) is 10.3. The third-order valence-corrected chi connectivity index (χ3v) is 6.33. The molecule has 0 spiro atoms. The minimum Gasteiger partial charge on any atom is -0.444 e. The molecule has 1 N–H and O–H groups in total. The average Bonchev–Trinajstić information content (AvgIpc) is 3.34. The Labute approximate surface area is 221 Å². The second-order valence-electron chi connectivity index (χ2n) is 10.3. The Balaban J connectivity index is 1.46. The highest BCUT2D eigenvalue weighted by atomic mass is 19.1. The first kappa shape index (κ1) is 25.4. The number of imidazole rings is 1. The normalized spacial score (nSPS) is 14.4. The number of nitrogens with zero attached hydrogens (tertiary/aromatic N) is 5. The number of aromatic nitrogens is 4. The van der Waals surface area contributed by atoms with Crippen LogP contribution >= 0.6 is 0 Å². The summed E-state index contributed by atoms with van der Waals surface area (Å²) >= 11 is 0. The van der Waals surface area contributed by atoms with Gasteiger partial charge in [-0.05, 0) is 76.1 Å². The molecule has 1 amide bonds. The summed E-state index contributed by atoms with van der Waals surface area (Å²) in [6.45, 7) is 6.72. The number of piperidine rings is 1. The third kappa shape index (κ3) is 5.82. The smallest absolute Gasteiger partial charge is 0.410 e. The molecule has 0 atom stereocenters. The molecule has 0 aliphatic carbocycles. The van der Waals surface area contributed by atoms with Crippen molar-refractivity contribution in [3.8, 4) is 22.8 Å². The number of amides is 1. The molecule has 1 fully saturated rings. The van der Waals surface area contributed by atoms with Crippen LogP contribution in [0.3, 0.4) is 0 Å². The van der Waals surface area contributed by atoms with Crippen molar-refractivity contribution in [1.82, 2.24) is 24.4 Å². The van der Waals surface area contributed by atoms with Gasteiger partial charge in [-0.15, -0.1) is 0 Å². The standard InChI is InChI=1S/C29H31FN6O2/c1-29(2,3)38-28(37)35-17-14-23(15-18-35)36-25(19-32-26(36)20-9-11-21(30)12-10-20)24-13-16-31-27(34-24)33-22-7-5-4-6-8-22/h4-13,16,19,23H,14-15,17-18H2,1-3H3,(H,31,33,34). The maximum Gasteiger partial charge on any atom is 0.410 e. The molecule has 0 unspecified atom stereocenters. The molecular formula is C29H31FN6O2. The van der Waals surface area contributed by atoms with Crippen molar-refractivity contribution < 1.29 is 13.9 Å². The number of halogens is 1. The van der Waals surface area contributed by atoms with E-state index in [0.29, 0.717) is 24.7 Å². The van der Waals surface area contributed by atoms with Crippen molar-refractivity contribution in [1.29, 1.82) is 0 Å². The summed E-state index contributed by atoms with van der Waals surface area (Å²) in [5.74, 6) is 0.904. The number of carbonyl (C=O) groups is 1. The fraction of sp³-hybridized carbons (Fsp3) is 0.310. The van der Waals surface area contributed by atoms with Crippen LogP contribution in [-0.4, -0.2) is 49.2 Å². The third-order valence-electron chi connectivity index (χ3n) is 6.33. The van der Waals surface area contributed by atoms with Gasteiger partial charge in [0.25, 0.3) is 0 Å². The van der Waals surface area contributed by atoms with E-state index in [1.54, 1.807) is 29.4 Å². The minimum atomic E-state index is -0.542. The van der Waals surface area contributed by atoms with Gasteiger partial charge < -0.3 is 19.5 Å². The summed E-state index contributed by atoms with van der Waals surface area (Å²) < 4.78 is 21.4. The number of ether oxygens (including phenoxy) is 1. The van der Waals surface area contributed by atoms with Gasteiger partial charge in [0, 0.05) is 36.6 Å². The van der Waals surface area contributed by atoms with E-state index in [1.165, 1.54) is 12.1 Å². The SMILES string of the molecule is CC(C)(C)OC(=O)N1CCC(n2c(-c3ccnc(Nc4ccccc4)n3)cnc2-c2ccc(F)cc2)CC1. The molecule has 2 aromatic heterocycles. The van der Waals surface area contributed by atoms with E-state index < -0.39 is 5.60 Å². The van der Waals surface area contributed by atoms with E-state index in [9.17, 15) is 9.18 Å². The van der Waals surface area contributed by atoms with Crippen molar-refractivity contribution >= 4 is 17.7 Å².